The Labute approximate surface area is 164 Å². The molecule has 0 amide bonds. The summed E-state index contributed by atoms with van der Waals surface area (Å²) in [4.78, 5) is 17.5. The Balaban J connectivity index is 1.34. The number of fused-ring (bicyclic) bond motifs is 1. The molecule has 1 aliphatic heterocycles. The van der Waals surface area contributed by atoms with Gasteiger partial charge >= 0.3 is 0 Å². The van der Waals surface area contributed by atoms with Crippen molar-refractivity contribution in [3.8, 4) is 0 Å². The van der Waals surface area contributed by atoms with E-state index in [1.165, 1.54) is 6.20 Å². The van der Waals surface area contributed by atoms with Gasteiger partial charge in [-0.1, -0.05) is 0 Å². The molecule has 146 valence electrons. The Hall–Kier alpha value is -2.67. The van der Waals surface area contributed by atoms with Crippen LogP contribution in [-0.2, 0) is 6.42 Å². The minimum absolute atomic E-state index is 0.234. The normalized spacial score (nSPS) is 16.6. The van der Waals surface area contributed by atoms with Crippen LogP contribution < -0.4 is 10.6 Å². The molecule has 6 nitrogen and oxygen atoms in total. The van der Waals surface area contributed by atoms with E-state index in [1.54, 1.807) is 12.4 Å². The van der Waals surface area contributed by atoms with Gasteiger partial charge in [0.05, 0.1) is 11.7 Å². The fourth-order valence-electron chi connectivity index (χ4n) is 3.74. The standard InChI is InChI=1S/C21H25FN6/c1-14-7-8-19-20(28-14)21(27-13-26-19)24-9-3-2-5-18-16(11-15(22)12-25-18)17-6-4-10-23-17/h7-8,11-13,17,23H,2-6,9-10H2,1H3,(H,24,26,27). The smallest absolute Gasteiger partial charge is 0.156 e. The number of anilines is 1. The maximum absolute atomic E-state index is 13.7. The maximum Gasteiger partial charge on any atom is 0.156 e. The lowest BCUT2D eigenvalue weighted by atomic mass is 10.00. The van der Waals surface area contributed by atoms with Crippen LogP contribution in [0.1, 0.15) is 48.7 Å². The molecule has 7 heteroatoms. The van der Waals surface area contributed by atoms with Crippen LogP contribution in [0.15, 0.2) is 30.7 Å². The monoisotopic (exact) mass is 380 g/mol. The summed E-state index contributed by atoms with van der Waals surface area (Å²) in [5.74, 6) is 0.511. The number of unbranched alkanes of at least 4 members (excludes halogenated alkanes) is 1. The van der Waals surface area contributed by atoms with Gasteiger partial charge in [0.25, 0.3) is 0 Å². The third-order valence-corrected chi connectivity index (χ3v) is 5.16. The number of halogens is 1. The largest absolute Gasteiger partial charge is 0.368 e. The quantitative estimate of drug-likeness (QED) is 0.609. The van der Waals surface area contributed by atoms with E-state index < -0.39 is 0 Å². The van der Waals surface area contributed by atoms with E-state index in [4.69, 9.17) is 0 Å². The van der Waals surface area contributed by atoms with Gasteiger partial charge in [0.1, 0.15) is 17.7 Å². The summed E-state index contributed by atoms with van der Waals surface area (Å²) in [5.41, 5.74) is 4.61. The van der Waals surface area contributed by atoms with Gasteiger partial charge < -0.3 is 10.6 Å². The number of nitrogens with one attached hydrogen (secondary N) is 2. The molecule has 0 saturated carbocycles. The molecule has 0 bridgehead atoms. The van der Waals surface area contributed by atoms with Crippen molar-refractivity contribution >= 4 is 16.9 Å². The third kappa shape index (κ3) is 4.25. The van der Waals surface area contributed by atoms with Gasteiger partial charge in [-0.25, -0.2) is 19.3 Å². The van der Waals surface area contributed by atoms with E-state index in [-0.39, 0.29) is 11.9 Å². The van der Waals surface area contributed by atoms with Crippen molar-refractivity contribution in [1.29, 1.82) is 0 Å². The minimum atomic E-state index is -0.257. The van der Waals surface area contributed by atoms with Crippen LogP contribution in [0.25, 0.3) is 11.0 Å². The zero-order chi connectivity index (χ0) is 19.3. The van der Waals surface area contributed by atoms with Crippen LogP contribution in [0.5, 0.6) is 0 Å². The summed E-state index contributed by atoms with van der Waals surface area (Å²) < 4.78 is 13.7. The van der Waals surface area contributed by atoms with Crippen LogP contribution in [0, 0.1) is 12.7 Å². The van der Waals surface area contributed by atoms with Gasteiger partial charge in [0.2, 0.25) is 0 Å². The molecule has 4 heterocycles. The Morgan fingerprint density at radius 3 is 3.00 bits per heavy atom. The molecule has 0 aromatic carbocycles. The van der Waals surface area contributed by atoms with Crippen molar-refractivity contribution in [3.63, 3.8) is 0 Å². The van der Waals surface area contributed by atoms with E-state index in [0.29, 0.717) is 0 Å². The molecule has 1 atom stereocenters. The number of pyridine rings is 2. The Morgan fingerprint density at radius 1 is 1.21 bits per heavy atom. The maximum atomic E-state index is 13.7. The fraction of sp³-hybridized carbons (Fsp3) is 0.429. The van der Waals surface area contributed by atoms with Gasteiger partial charge in [-0.2, -0.15) is 0 Å². The highest BCUT2D eigenvalue weighted by molar-refractivity contribution is 5.84. The molecule has 1 unspecified atom stereocenters. The van der Waals surface area contributed by atoms with Gasteiger partial charge in [-0.15, -0.1) is 0 Å². The number of aromatic nitrogens is 4. The molecule has 0 radical (unpaired) electrons. The van der Waals surface area contributed by atoms with E-state index in [9.17, 15) is 4.39 Å². The molecule has 2 N–H and O–H groups in total. The summed E-state index contributed by atoms with van der Waals surface area (Å²) in [6.07, 6.45) is 7.85. The van der Waals surface area contributed by atoms with Crippen molar-refractivity contribution in [2.24, 2.45) is 0 Å². The van der Waals surface area contributed by atoms with Crippen LogP contribution in [0.4, 0.5) is 10.2 Å². The lowest BCUT2D eigenvalue weighted by Gasteiger charge is -2.15. The molecule has 1 aliphatic rings. The van der Waals surface area contributed by atoms with E-state index in [2.05, 4.69) is 30.6 Å². The Kier molecular flexibility index (Phi) is 5.71. The third-order valence-electron chi connectivity index (χ3n) is 5.16. The molecule has 0 spiro atoms. The molecule has 28 heavy (non-hydrogen) atoms. The molecule has 3 aromatic heterocycles. The lowest BCUT2D eigenvalue weighted by Crippen LogP contribution is -2.16. The van der Waals surface area contributed by atoms with Crippen molar-refractivity contribution in [2.45, 2.75) is 45.1 Å². The van der Waals surface area contributed by atoms with Gasteiger partial charge in [-0.05, 0) is 69.3 Å². The first-order valence-electron chi connectivity index (χ1n) is 9.90. The lowest BCUT2D eigenvalue weighted by molar-refractivity contribution is 0.587. The van der Waals surface area contributed by atoms with Gasteiger partial charge in [0.15, 0.2) is 5.82 Å². The summed E-state index contributed by atoms with van der Waals surface area (Å²) in [6, 6.07) is 5.79. The van der Waals surface area contributed by atoms with Crippen molar-refractivity contribution in [3.05, 3.63) is 53.5 Å². The average molecular weight is 380 g/mol. The number of hydrogen-bond acceptors (Lipinski definition) is 6. The van der Waals surface area contributed by atoms with Gasteiger partial charge in [0, 0.05) is 24.0 Å². The van der Waals surface area contributed by atoms with Crippen LogP contribution in [0.2, 0.25) is 0 Å². The highest BCUT2D eigenvalue weighted by atomic mass is 19.1. The number of aryl methyl sites for hydroxylation is 2. The molecule has 3 aromatic rings. The summed E-state index contributed by atoms with van der Waals surface area (Å²) in [6.45, 7) is 3.74. The second kappa shape index (κ2) is 8.56. The summed E-state index contributed by atoms with van der Waals surface area (Å²) in [5, 5.41) is 6.82. The molecule has 1 fully saturated rings. The first kappa shape index (κ1) is 18.7. The van der Waals surface area contributed by atoms with E-state index >= 15 is 0 Å². The highest BCUT2D eigenvalue weighted by Gasteiger charge is 2.20. The molecular formula is C21H25FN6. The molecule has 4 rings (SSSR count). The Bertz CT molecular complexity index is 955. The average Bonchev–Trinajstić information content (AvgIpc) is 3.23. The first-order chi connectivity index (χ1) is 13.7. The highest BCUT2D eigenvalue weighted by Crippen LogP contribution is 2.26. The van der Waals surface area contributed by atoms with Crippen molar-refractivity contribution < 1.29 is 4.39 Å². The zero-order valence-electron chi connectivity index (χ0n) is 16.1. The van der Waals surface area contributed by atoms with Crippen LogP contribution in [0.3, 0.4) is 0 Å². The number of rotatable bonds is 7. The van der Waals surface area contributed by atoms with E-state index in [0.717, 1.165) is 79.0 Å². The molecule has 1 saturated heterocycles. The van der Waals surface area contributed by atoms with Crippen molar-refractivity contribution in [2.75, 3.05) is 18.4 Å². The number of nitrogens with zero attached hydrogens (tertiary/aromatic N) is 4. The summed E-state index contributed by atoms with van der Waals surface area (Å²) in [7, 11) is 0. The van der Waals surface area contributed by atoms with Gasteiger partial charge in [-0.3, -0.25) is 4.98 Å². The first-order valence-corrected chi connectivity index (χ1v) is 9.90. The topological polar surface area (TPSA) is 75.6 Å². The van der Waals surface area contributed by atoms with Crippen molar-refractivity contribution in [1.82, 2.24) is 25.3 Å². The predicted octanol–water partition coefficient (Wildman–Crippen LogP) is 3.73. The molecular weight excluding hydrogens is 355 g/mol. The number of hydrogen-bond donors (Lipinski definition) is 2. The fourth-order valence-corrected chi connectivity index (χ4v) is 3.74. The second-order valence-electron chi connectivity index (χ2n) is 7.26. The SMILES string of the molecule is Cc1ccc2ncnc(NCCCCc3ncc(F)cc3C3CCCN3)c2n1. The van der Waals surface area contributed by atoms with Crippen LogP contribution >= 0.6 is 0 Å². The Morgan fingerprint density at radius 2 is 2.14 bits per heavy atom. The molecule has 0 aliphatic carbocycles. The predicted molar refractivity (Wildman–Crippen MR) is 108 cm³/mol. The van der Waals surface area contributed by atoms with E-state index in [1.807, 2.05) is 19.1 Å². The summed E-state index contributed by atoms with van der Waals surface area (Å²) >= 11 is 0. The second-order valence-corrected chi connectivity index (χ2v) is 7.26. The van der Waals surface area contributed by atoms with Crippen LogP contribution in [-0.4, -0.2) is 33.0 Å². The zero-order valence-corrected chi connectivity index (χ0v) is 16.1. The minimum Gasteiger partial charge on any atom is -0.368 e.